The van der Waals surface area contributed by atoms with Crippen molar-refractivity contribution in [3.8, 4) is 0 Å². The van der Waals surface area contributed by atoms with Gasteiger partial charge in [-0.3, -0.25) is 0 Å². The highest BCUT2D eigenvalue weighted by Crippen LogP contribution is 2.25. The Bertz CT molecular complexity index is 464. The number of aromatic nitrogens is 1. The van der Waals surface area contributed by atoms with Gasteiger partial charge in [0.2, 0.25) is 0 Å². The molecule has 4 nitrogen and oxygen atoms in total. The predicted octanol–water partition coefficient (Wildman–Crippen LogP) is 2.09. The van der Waals surface area contributed by atoms with Crippen LogP contribution in [0.4, 0.5) is 10.2 Å². The summed E-state index contributed by atoms with van der Waals surface area (Å²) < 4.78 is 20.1. The predicted molar refractivity (Wildman–Crippen MR) is 76.3 cm³/mol. The Morgan fingerprint density at radius 2 is 2.35 bits per heavy atom. The Hall–Kier alpha value is -1.20. The first-order valence-electron chi connectivity index (χ1n) is 7.50. The molecule has 1 atom stereocenters. The molecule has 3 rings (SSSR count). The number of nitrogens with zero attached hydrogens (tertiary/aromatic N) is 2. The molecule has 1 unspecified atom stereocenters. The van der Waals surface area contributed by atoms with Gasteiger partial charge in [-0.05, 0) is 25.3 Å². The lowest BCUT2D eigenvalue weighted by Crippen LogP contribution is -2.46. The van der Waals surface area contributed by atoms with Gasteiger partial charge in [-0.15, -0.1) is 0 Å². The van der Waals surface area contributed by atoms with Crippen molar-refractivity contribution in [3.05, 3.63) is 23.6 Å². The van der Waals surface area contributed by atoms with E-state index in [4.69, 9.17) is 4.74 Å². The first-order chi connectivity index (χ1) is 9.79. The van der Waals surface area contributed by atoms with Crippen LogP contribution in [0.2, 0.25) is 0 Å². The van der Waals surface area contributed by atoms with Crippen molar-refractivity contribution in [2.24, 2.45) is 0 Å². The first-order valence-corrected chi connectivity index (χ1v) is 7.50. The minimum absolute atomic E-state index is 0.180. The topological polar surface area (TPSA) is 37.4 Å². The van der Waals surface area contributed by atoms with Gasteiger partial charge in [-0.1, -0.05) is 6.92 Å². The molecule has 110 valence electrons. The van der Waals surface area contributed by atoms with E-state index in [1.165, 1.54) is 12.8 Å². The summed E-state index contributed by atoms with van der Waals surface area (Å²) in [4.78, 5) is 6.33. The van der Waals surface area contributed by atoms with Gasteiger partial charge in [0.05, 0.1) is 19.3 Å². The summed E-state index contributed by atoms with van der Waals surface area (Å²) in [6.07, 6.45) is 5.07. The van der Waals surface area contributed by atoms with E-state index in [1.807, 2.05) is 0 Å². The molecule has 20 heavy (non-hydrogen) atoms. The van der Waals surface area contributed by atoms with Crippen LogP contribution in [-0.4, -0.2) is 36.8 Å². The van der Waals surface area contributed by atoms with Crippen LogP contribution < -0.4 is 10.2 Å². The summed E-state index contributed by atoms with van der Waals surface area (Å²) in [5, 5.41) is 3.36. The highest BCUT2D eigenvalue weighted by atomic mass is 19.1. The van der Waals surface area contributed by atoms with E-state index in [1.54, 1.807) is 12.3 Å². The summed E-state index contributed by atoms with van der Waals surface area (Å²) in [7, 11) is 0. The molecule has 2 aliphatic rings. The Morgan fingerprint density at radius 1 is 1.50 bits per heavy atom. The standard InChI is InChI=1S/C15H22FN3O/c1-2-13-10-20-8-7-19(13)15-14(16)11(5-6-17-15)9-18-12-3-4-12/h5-6,12-13,18H,2-4,7-10H2,1H3. The Morgan fingerprint density at radius 3 is 3.10 bits per heavy atom. The number of nitrogens with one attached hydrogen (secondary N) is 1. The van der Waals surface area contributed by atoms with E-state index in [9.17, 15) is 4.39 Å². The highest BCUT2D eigenvalue weighted by Gasteiger charge is 2.26. The van der Waals surface area contributed by atoms with Crippen molar-refractivity contribution in [2.75, 3.05) is 24.7 Å². The maximum atomic E-state index is 14.7. The van der Waals surface area contributed by atoms with Crippen LogP contribution in [0.1, 0.15) is 31.7 Å². The molecule has 1 saturated carbocycles. The maximum absolute atomic E-state index is 14.7. The lowest BCUT2D eigenvalue weighted by molar-refractivity contribution is 0.0921. The molecule has 1 N–H and O–H groups in total. The number of rotatable bonds is 5. The van der Waals surface area contributed by atoms with Crippen LogP contribution in [0.5, 0.6) is 0 Å². The summed E-state index contributed by atoms with van der Waals surface area (Å²) in [5.74, 6) is 0.302. The summed E-state index contributed by atoms with van der Waals surface area (Å²) >= 11 is 0. The largest absolute Gasteiger partial charge is 0.377 e. The zero-order valence-electron chi connectivity index (χ0n) is 11.9. The zero-order valence-corrected chi connectivity index (χ0v) is 11.9. The molecule has 1 aliphatic carbocycles. The van der Waals surface area contributed by atoms with E-state index in [0.29, 0.717) is 43.7 Å². The molecule has 5 heteroatoms. The Labute approximate surface area is 119 Å². The minimum atomic E-state index is -0.180. The Balaban J connectivity index is 1.78. The first kappa shape index (κ1) is 13.8. The van der Waals surface area contributed by atoms with Crippen molar-refractivity contribution >= 4 is 5.82 Å². The van der Waals surface area contributed by atoms with Crippen molar-refractivity contribution in [1.82, 2.24) is 10.3 Å². The average Bonchev–Trinajstić information content (AvgIpc) is 3.30. The number of hydrogen-bond donors (Lipinski definition) is 1. The SMILES string of the molecule is CCC1COCCN1c1nccc(CNC2CC2)c1F. The molecule has 0 bridgehead atoms. The number of anilines is 1. The molecule has 2 heterocycles. The number of pyridine rings is 1. The average molecular weight is 279 g/mol. The molecular weight excluding hydrogens is 257 g/mol. The van der Waals surface area contributed by atoms with Gasteiger partial charge >= 0.3 is 0 Å². The monoisotopic (exact) mass is 279 g/mol. The number of hydrogen-bond acceptors (Lipinski definition) is 4. The molecule has 1 aromatic heterocycles. The van der Waals surface area contributed by atoms with E-state index in [2.05, 4.69) is 22.1 Å². The van der Waals surface area contributed by atoms with Crippen molar-refractivity contribution in [2.45, 2.75) is 44.8 Å². The minimum Gasteiger partial charge on any atom is -0.377 e. The smallest absolute Gasteiger partial charge is 0.170 e. The number of morpholine rings is 1. The molecule has 1 saturated heterocycles. The van der Waals surface area contributed by atoms with E-state index >= 15 is 0 Å². The second-order valence-electron chi connectivity index (χ2n) is 5.59. The van der Waals surface area contributed by atoms with E-state index < -0.39 is 0 Å². The number of halogens is 1. The van der Waals surface area contributed by atoms with Crippen LogP contribution in [0.15, 0.2) is 12.3 Å². The molecular formula is C15H22FN3O. The van der Waals surface area contributed by atoms with Crippen LogP contribution in [-0.2, 0) is 11.3 Å². The zero-order chi connectivity index (χ0) is 13.9. The Kier molecular flexibility index (Phi) is 4.17. The summed E-state index contributed by atoms with van der Waals surface area (Å²) in [5.41, 5.74) is 0.711. The second kappa shape index (κ2) is 6.06. The third-order valence-electron chi connectivity index (χ3n) is 4.08. The van der Waals surface area contributed by atoms with Crippen LogP contribution >= 0.6 is 0 Å². The van der Waals surface area contributed by atoms with Crippen LogP contribution in [0.25, 0.3) is 0 Å². The molecule has 0 radical (unpaired) electrons. The fourth-order valence-corrected chi connectivity index (χ4v) is 2.62. The van der Waals surface area contributed by atoms with Crippen molar-refractivity contribution in [3.63, 3.8) is 0 Å². The van der Waals surface area contributed by atoms with Gasteiger partial charge in [0.25, 0.3) is 0 Å². The van der Waals surface area contributed by atoms with Crippen LogP contribution in [0.3, 0.4) is 0 Å². The van der Waals surface area contributed by atoms with Crippen molar-refractivity contribution < 1.29 is 9.13 Å². The lowest BCUT2D eigenvalue weighted by atomic mass is 10.1. The van der Waals surface area contributed by atoms with Gasteiger partial charge in [0, 0.05) is 30.9 Å². The molecule has 2 fully saturated rings. The summed E-state index contributed by atoms with van der Waals surface area (Å²) in [6.45, 7) is 4.70. The highest BCUT2D eigenvalue weighted by molar-refractivity contribution is 5.44. The molecule has 0 aromatic carbocycles. The maximum Gasteiger partial charge on any atom is 0.170 e. The van der Waals surface area contributed by atoms with E-state index in [-0.39, 0.29) is 11.9 Å². The fourth-order valence-electron chi connectivity index (χ4n) is 2.62. The van der Waals surface area contributed by atoms with E-state index in [0.717, 1.165) is 6.42 Å². The van der Waals surface area contributed by atoms with Gasteiger partial charge in [0.15, 0.2) is 11.6 Å². The fraction of sp³-hybridized carbons (Fsp3) is 0.667. The van der Waals surface area contributed by atoms with Gasteiger partial charge in [0.1, 0.15) is 0 Å². The van der Waals surface area contributed by atoms with Crippen molar-refractivity contribution in [1.29, 1.82) is 0 Å². The summed E-state index contributed by atoms with van der Waals surface area (Å²) in [6, 6.07) is 2.57. The van der Waals surface area contributed by atoms with Crippen LogP contribution in [0, 0.1) is 5.82 Å². The number of ether oxygens (including phenoxy) is 1. The van der Waals surface area contributed by atoms with Gasteiger partial charge in [-0.2, -0.15) is 0 Å². The third kappa shape index (κ3) is 2.94. The molecule has 1 aromatic rings. The normalized spacial score (nSPS) is 23.1. The second-order valence-corrected chi connectivity index (χ2v) is 5.59. The molecule has 0 spiro atoms. The third-order valence-corrected chi connectivity index (χ3v) is 4.08. The van der Waals surface area contributed by atoms with Gasteiger partial charge in [-0.25, -0.2) is 9.37 Å². The molecule has 1 aliphatic heterocycles. The lowest BCUT2D eigenvalue weighted by Gasteiger charge is -2.36. The van der Waals surface area contributed by atoms with Gasteiger partial charge < -0.3 is 15.0 Å². The molecule has 0 amide bonds. The quantitative estimate of drug-likeness (QED) is 0.895.